The molecule has 1 aromatic heterocycles. The molecular formula is C12H9BrN4O3. The zero-order valence-corrected chi connectivity index (χ0v) is 11.6. The van der Waals surface area contributed by atoms with E-state index in [1.807, 2.05) is 0 Å². The van der Waals surface area contributed by atoms with Crippen LogP contribution >= 0.6 is 15.9 Å². The fourth-order valence-corrected chi connectivity index (χ4v) is 1.90. The van der Waals surface area contributed by atoms with Crippen LogP contribution in [0, 0.1) is 10.1 Å². The number of anilines is 2. The molecule has 20 heavy (non-hydrogen) atoms. The standard InChI is InChI=1S/C12H9BrN4O3/c13-9-2-1-5-15-11(9)16-12(18)8-6-7(14)3-4-10(8)17(19)20/h1-6H,14H2,(H,15,16,18). The lowest BCUT2D eigenvalue weighted by atomic mass is 10.1. The quantitative estimate of drug-likeness (QED) is 0.508. The molecule has 7 nitrogen and oxygen atoms in total. The molecule has 0 aliphatic rings. The van der Waals surface area contributed by atoms with Crippen molar-refractivity contribution in [1.29, 1.82) is 0 Å². The Morgan fingerprint density at radius 3 is 2.80 bits per heavy atom. The van der Waals surface area contributed by atoms with Gasteiger partial charge in [0.25, 0.3) is 11.6 Å². The number of nitrogens with two attached hydrogens (primary N) is 1. The Labute approximate surface area is 122 Å². The van der Waals surface area contributed by atoms with Gasteiger partial charge in [0.05, 0.1) is 9.40 Å². The molecule has 2 aromatic rings. The summed E-state index contributed by atoms with van der Waals surface area (Å²) in [6.45, 7) is 0. The molecule has 0 aliphatic heterocycles. The number of benzene rings is 1. The summed E-state index contributed by atoms with van der Waals surface area (Å²) in [6, 6.07) is 7.19. The number of carbonyl (C=O) groups is 1. The van der Waals surface area contributed by atoms with Gasteiger partial charge in [-0.1, -0.05) is 0 Å². The Morgan fingerprint density at radius 2 is 2.15 bits per heavy atom. The van der Waals surface area contributed by atoms with Crippen LogP contribution in [0.25, 0.3) is 0 Å². The average molecular weight is 337 g/mol. The number of hydrogen-bond acceptors (Lipinski definition) is 5. The zero-order chi connectivity index (χ0) is 14.7. The highest BCUT2D eigenvalue weighted by molar-refractivity contribution is 9.10. The van der Waals surface area contributed by atoms with Crippen molar-refractivity contribution in [3.05, 3.63) is 56.7 Å². The number of aromatic nitrogens is 1. The van der Waals surface area contributed by atoms with Crippen molar-refractivity contribution in [3.8, 4) is 0 Å². The van der Waals surface area contributed by atoms with Crippen LogP contribution in [-0.2, 0) is 0 Å². The van der Waals surface area contributed by atoms with E-state index in [9.17, 15) is 14.9 Å². The first-order valence-corrected chi connectivity index (χ1v) is 6.24. The number of nitrogens with zero attached hydrogens (tertiary/aromatic N) is 2. The monoisotopic (exact) mass is 336 g/mol. The normalized spacial score (nSPS) is 10.1. The molecular weight excluding hydrogens is 328 g/mol. The highest BCUT2D eigenvalue weighted by atomic mass is 79.9. The number of nitrogen functional groups attached to an aromatic ring is 1. The van der Waals surface area contributed by atoms with Crippen LogP contribution in [0.5, 0.6) is 0 Å². The Morgan fingerprint density at radius 1 is 1.40 bits per heavy atom. The van der Waals surface area contributed by atoms with E-state index < -0.39 is 10.8 Å². The Hall–Kier alpha value is -2.48. The first-order chi connectivity index (χ1) is 9.49. The van der Waals surface area contributed by atoms with Gasteiger partial charge < -0.3 is 11.1 Å². The van der Waals surface area contributed by atoms with Crippen LogP contribution in [-0.4, -0.2) is 15.8 Å². The van der Waals surface area contributed by atoms with Crippen molar-refractivity contribution < 1.29 is 9.72 Å². The maximum atomic E-state index is 12.1. The number of rotatable bonds is 3. The third-order valence-corrected chi connectivity index (χ3v) is 3.09. The third kappa shape index (κ3) is 2.91. The van der Waals surface area contributed by atoms with Crippen molar-refractivity contribution in [2.75, 3.05) is 11.1 Å². The van der Waals surface area contributed by atoms with Crippen molar-refractivity contribution in [2.24, 2.45) is 0 Å². The second-order valence-electron chi connectivity index (χ2n) is 3.82. The number of pyridine rings is 1. The second-order valence-corrected chi connectivity index (χ2v) is 4.68. The fourth-order valence-electron chi connectivity index (χ4n) is 1.55. The van der Waals surface area contributed by atoms with Crippen LogP contribution in [0.2, 0.25) is 0 Å². The molecule has 0 radical (unpaired) electrons. The molecule has 102 valence electrons. The fraction of sp³-hybridized carbons (Fsp3) is 0. The van der Waals surface area contributed by atoms with Crippen molar-refractivity contribution >= 4 is 39.0 Å². The summed E-state index contributed by atoms with van der Waals surface area (Å²) < 4.78 is 0.569. The highest BCUT2D eigenvalue weighted by Gasteiger charge is 2.21. The Balaban J connectivity index is 2.37. The molecule has 1 amide bonds. The molecule has 3 N–H and O–H groups in total. The largest absolute Gasteiger partial charge is 0.399 e. The number of nitro benzene ring substituents is 1. The van der Waals surface area contributed by atoms with Gasteiger partial charge in [0.2, 0.25) is 0 Å². The van der Waals surface area contributed by atoms with E-state index in [0.717, 1.165) is 0 Å². The first kappa shape index (κ1) is 13.9. The molecule has 8 heteroatoms. The minimum atomic E-state index is -0.650. The number of nitrogens with one attached hydrogen (secondary N) is 1. The van der Waals surface area contributed by atoms with Crippen molar-refractivity contribution in [3.63, 3.8) is 0 Å². The number of hydrogen-bond donors (Lipinski definition) is 2. The summed E-state index contributed by atoms with van der Waals surface area (Å²) in [4.78, 5) is 26.4. The molecule has 0 spiro atoms. The Kier molecular flexibility index (Phi) is 3.94. The van der Waals surface area contributed by atoms with Gasteiger partial charge in [0, 0.05) is 18.0 Å². The SMILES string of the molecule is Nc1ccc([N+](=O)[O-])c(C(=O)Nc2ncccc2Br)c1. The van der Waals surface area contributed by atoms with E-state index >= 15 is 0 Å². The third-order valence-electron chi connectivity index (χ3n) is 2.45. The summed E-state index contributed by atoms with van der Waals surface area (Å²) in [6.07, 6.45) is 1.49. The first-order valence-electron chi connectivity index (χ1n) is 5.45. The predicted molar refractivity (Wildman–Crippen MR) is 77.4 cm³/mol. The van der Waals surface area contributed by atoms with E-state index in [-0.39, 0.29) is 22.8 Å². The summed E-state index contributed by atoms with van der Waals surface area (Å²) in [5, 5.41) is 13.4. The topological polar surface area (TPSA) is 111 Å². The summed E-state index contributed by atoms with van der Waals surface area (Å²) in [7, 11) is 0. The molecule has 0 aliphatic carbocycles. The van der Waals surface area contributed by atoms with Crippen LogP contribution in [0.15, 0.2) is 41.0 Å². The lowest BCUT2D eigenvalue weighted by Crippen LogP contribution is -2.15. The number of amides is 1. The lowest BCUT2D eigenvalue weighted by Gasteiger charge is -2.07. The second kappa shape index (κ2) is 5.66. The Bertz CT molecular complexity index is 690. The summed E-state index contributed by atoms with van der Waals surface area (Å²) in [5.41, 5.74) is 5.39. The molecule has 1 aromatic carbocycles. The maximum Gasteiger partial charge on any atom is 0.282 e. The van der Waals surface area contributed by atoms with Gasteiger partial charge in [-0.15, -0.1) is 0 Å². The van der Waals surface area contributed by atoms with Gasteiger partial charge in [0.1, 0.15) is 11.4 Å². The minimum absolute atomic E-state index is 0.118. The molecule has 0 saturated heterocycles. The van der Waals surface area contributed by atoms with Gasteiger partial charge in [-0.05, 0) is 40.2 Å². The zero-order valence-electron chi connectivity index (χ0n) is 10.0. The van der Waals surface area contributed by atoms with Crippen LogP contribution in [0.1, 0.15) is 10.4 Å². The average Bonchev–Trinajstić information content (AvgIpc) is 2.40. The molecule has 0 saturated carbocycles. The minimum Gasteiger partial charge on any atom is -0.399 e. The molecule has 1 heterocycles. The predicted octanol–water partition coefficient (Wildman–Crippen LogP) is 2.59. The van der Waals surface area contributed by atoms with E-state index in [0.29, 0.717) is 4.47 Å². The highest BCUT2D eigenvalue weighted by Crippen LogP contribution is 2.24. The number of nitro groups is 1. The van der Waals surface area contributed by atoms with Gasteiger partial charge >= 0.3 is 0 Å². The number of halogens is 1. The molecule has 0 unspecified atom stereocenters. The summed E-state index contributed by atoms with van der Waals surface area (Å²) >= 11 is 3.22. The maximum absolute atomic E-state index is 12.1. The molecule has 0 atom stereocenters. The van der Waals surface area contributed by atoms with E-state index in [2.05, 4.69) is 26.2 Å². The van der Waals surface area contributed by atoms with E-state index in [1.165, 1.54) is 24.4 Å². The van der Waals surface area contributed by atoms with Gasteiger partial charge in [-0.3, -0.25) is 14.9 Å². The molecule has 0 fully saturated rings. The van der Waals surface area contributed by atoms with E-state index in [4.69, 9.17) is 5.73 Å². The van der Waals surface area contributed by atoms with Crippen molar-refractivity contribution in [2.45, 2.75) is 0 Å². The van der Waals surface area contributed by atoms with Gasteiger partial charge in [-0.25, -0.2) is 4.98 Å². The van der Waals surface area contributed by atoms with Crippen molar-refractivity contribution in [1.82, 2.24) is 4.98 Å². The lowest BCUT2D eigenvalue weighted by molar-refractivity contribution is -0.385. The number of carbonyl (C=O) groups excluding carboxylic acids is 1. The molecule has 0 bridgehead atoms. The summed E-state index contributed by atoms with van der Waals surface area (Å²) in [5.74, 6) is -0.377. The smallest absolute Gasteiger partial charge is 0.282 e. The van der Waals surface area contributed by atoms with Crippen LogP contribution < -0.4 is 11.1 Å². The van der Waals surface area contributed by atoms with Gasteiger partial charge in [-0.2, -0.15) is 0 Å². The van der Waals surface area contributed by atoms with Crippen LogP contribution in [0.3, 0.4) is 0 Å². The van der Waals surface area contributed by atoms with Gasteiger partial charge in [0.15, 0.2) is 0 Å². The van der Waals surface area contributed by atoms with Crippen LogP contribution in [0.4, 0.5) is 17.2 Å². The van der Waals surface area contributed by atoms with E-state index in [1.54, 1.807) is 12.1 Å². The molecule has 2 rings (SSSR count).